The first-order chi connectivity index (χ1) is 18.9. The van der Waals surface area contributed by atoms with Gasteiger partial charge >= 0.3 is 7.82 Å². The number of phosphoric ester groups is 1. The number of likely N-dealkylation sites (tertiary alicyclic amines) is 2. The number of benzene rings is 4. The number of hydrogen-bond acceptors (Lipinski definition) is 5. The highest BCUT2D eigenvalue weighted by molar-refractivity contribution is 7.48. The van der Waals surface area contributed by atoms with Crippen LogP contribution >= 0.6 is 7.82 Å². The average Bonchev–Trinajstić information content (AvgIpc) is 3.65. The molecule has 0 spiro atoms. The van der Waals surface area contributed by atoms with Crippen molar-refractivity contribution < 1.29 is 28.1 Å². The fraction of sp³-hybridized carbons (Fsp3) is 0.267. The first-order valence-corrected chi connectivity index (χ1v) is 14.8. The molecule has 1 N–H and O–H groups in total. The van der Waals surface area contributed by atoms with Gasteiger partial charge in [0.15, 0.2) is 11.5 Å². The van der Waals surface area contributed by atoms with Crippen molar-refractivity contribution in [2.45, 2.75) is 25.7 Å². The quantitative estimate of drug-likeness (QED) is 0.312. The molecular formula is C30H27N2O6P. The number of carbonyl (C=O) groups is 2. The third kappa shape index (κ3) is 3.98. The third-order valence-corrected chi connectivity index (χ3v) is 8.74. The van der Waals surface area contributed by atoms with Gasteiger partial charge in [0.25, 0.3) is 11.8 Å². The highest BCUT2D eigenvalue weighted by atomic mass is 31.2. The standard InChI is InChI=1S/C30H27N2O6P/c33-29(31-13-5-6-14-31)23-17-19-9-1-3-11-21(19)25-26-22-12-4-2-10-20(22)18-24(30(34)32-15-7-8-16-32)28(26)38-39(35,36)37-27(23)25/h1-4,9-12,17-18H,5-8,13-16H2,(H,35,36). The maximum Gasteiger partial charge on any atom is 0.584 e. The van der Waals surface area contributed by atoms with Crippen LogP contribution in [0.3, 0.4) is 0 Å². The lowest BCUT2D eigenvalue weighted by Gasteiger charge is -2.21. The summed E-state index contributed by atoms with van der Waals surface area (Å²) in [4.78, 5) is 42.1. The predicted octanol–water partition coefficient (Wildman–Crippen LogP) is 6.00. The molecule has 198 valence electrons. The van der Waals surface area contributed by atoms with E-state index in [-0.39, 0.29) is 34.4 Å². The van der Waals surface area contributed by atoms with Gasteiger partial charge in [-0.2, -0.15) is 0 Å². The summed E-state index contributed by atoms with van der Waals surface area (Å²) in [6, 6.07) is 18.6. The first kappa shape index (κ1) is 24.2. The van der Waals surface area contributed by atoms with E-state index in [1.807, 2.05) is 48.5 Å². The second-order valence-electron chi connectivity index (χ2n) is 10.3. The number of phosphoric acid groups is 1. The Kier molecular flexibility index (Phi) is 5.65. The minimum atomic E-state index is -4.79. The molecule has 39 heavy (non-hydrogen) atoms. The van der Waals surface area contributed by atoms with Crippen LogP contribution in [0.4, 0.5) is 0 Å². The Hall–Kier alpha value is -3.87. The zero-order chi connectivity index (χ0) is 26.7. The van der Waals surface area contributed by atoms with Crippen LogP contribution in [-0.4, -0.2) is 52.7 Å². The summed E-state index contributed by atoms with van der Waals surface area (Å²) in [5.74, 6) is -0.504. The smallest absolute Gasteiger partial charge is 0.394 e. The molecule has 2 amide bonds. The molecule has 0 unspecified atom stereocenters. The topological polar surface area (TPSA) is 96.4 Å². The van der Waals surface area contributed by atoms with Crippen molar-refractivity contribution in [3.05, 3.63) is 71.8 Å². The minimum absolute atomic E-state index is 0.00566. The Labute approximate surface area is 225 Å². The van der Waals surface area contributed by atoms with Crippen molar-refractivity contribution >= 4 is 41.2 Å². The molecule has 3 heterocycles. The van der Waals surface area contributed by atoms with Crippen molar-refractivity contribution in [3.8, 4) is 22.6 Å². The Morgan fingerprint density at radius 3 is 1.46 bits per heavy atom. The van der Waals surface area contributed by atoms with E-state index in [4.69, 9.17) is 9.05 Å². The van der Waals surface area contributed by atoms with E-state index in [1.54, 1.807) is 21.9 Å². The van der Waals surface area contributed by atoms with E-state index in [9.17, 15) is 19.0 Å². The number of hydrogen-bond donors (Lipinski definition) is 1. The molecule has 8 nitrogen and oxygen atoms in total. The van der Waals surface area contributed by atoms with Crippen LogP contribution in [0.25, 0.3) is 32.7 Å². The van der Waals surface area contributed by atoms with Crippen LogP contribution < -0.4 is 9.05 Å². The van der Waals surface area contributed by atoms with E-state index in [2.05, 4.69) is 0 Å². The minimum Gasteiger partial charge on any atom is -0.394 e. The lowest BCUT2D eigenvalue weighted by molar-refractivity contribution is 0.0784. The molecule has 2 saturated heterocycles. The number of carbonyl (C=O) groups excluding carboxylic acids is 2. The molecule has 2 fully saturated rings. The van der Waals surface area contributed by atoms with Gasteiger partial charge < -0.3 is 18.8 Å². The van der Waals surface area contributed by atoms with Gasteiger partial charge in [-0.3, -0.25) is 14.5 Å². The summed E-state index contributed by atoms with van der Waals surface area (Å²) < 4.78 is 25.0. The molecule has 3 aliphatic heterocycles. The number of nitrogens with zero attached hydrogens (tertiary/aromatic N) is 2. The van der Waals surface area contributed by atoms with Crippen LogP contribution in [0, 0.1) is 0 Å². The second-order valence-corrected chi connectivity index (χ2v) is 11.7. The van der Waals surface area contributed by atoms with Gasteiger partial charge in [-0.1, -0.05) is 48.5 Å². The van der Waals surface area contributed by atoms with Gasteiger partial charge in [-0.25, -0.2) is 4.57 Å². The fourth-order valence-corrected chi connectivity index (χ4v) is 6.97. The van der Waals surface area contributed by atoms with Crippen molar-refractivity contribution in [1.82, 2.24) is 9.80 Å². The van der Waals surface area contributed by atoms with Crippen LogP contribution in [0.15, 0.2) is 60.7 Å². The molecule has 0 aliphatic carbocycles. The summed E-state index contributed by atoms with van der Waals surface area (Å²) in [7, 11) is -4.79. The molecule has 0 radical (unpaired) electrons. The van der Waals surface area contributed by atoms with Crippen LogP contribution in [-0.2, 0) is 4.57 Å². The number of rotatable bonds is 2. The Balaban J connectivity index is 1.61. The molecular weight excluding hydrogens is 515 g/mol. The van der Waals surface area contributed by atoms with E-state index in [0.29, 0.717) is 37.3 Å². The first-order valence-electron chi connectivity index (χ1n) is 13.3. The maximum absolute atomic E-state index is 13.8. The molecule has 3 aliphatic rings. The third-order valence-electron chi connectivity index (χ3n) is 7.91. The predicted molar refractivity (Wildman–Crippen MR) is 148 cm³/mol. The van der Waals surface area contributed by atoms with Gasteiger partial charge in [-0.05, 0) is 59.4 Å². The van der Waals surface area contributed by atoms with Crippen molar-refractivity contribution in [1.29, 1.82) is 0 Å². The average molecular weight is 543 g/mol. The Morgan fingerprint density at radius 1 is 0.667 bits per heavy atom. The monoisotopic (exact) mass is 542 g/mol. The summed E-state index contributed by atoms with van der Waals surface area (Å²) in [6.07, 6.45) is 3.61. The lowest BCUT2D eigenvalue weighted by Crippen LogP contribution is -2.28. The van der Waals surface area contributed by atoms with E-state index < -0.39 is 7.82 Å². The van der Waals surface area contributed by atoms with Gasteiger partial charge in [0.05, 0.1) is 11.1 Å². The molecule has 0 saturated carbocycles. The van der Waals surface area contributed by atoms with Gasteiger partial charge in [0.2, 0.25) is 0 Å². The number of fused-ring (bicyclic) bond motifs is 7. The molecule has 4 aromatic carbocycles. The van der Waals surface area contributed by atoms with Gasteiger partial charge in [0, 0.05) is 37.3 Å². The highest BCUT2D eigenvalue weighted by Crippen LogP contribution is 2.59. The van der Waals surface area contributed by atoms with E-state index >= 15 is 0 Å². The summed E-state index contributed by atoms with van der Waals surface area (Å²) in [5, 5.41) is 3.02. The molecule has 0 bridgehead atoms. The zero-order valence-corrected chi connectivity index (χ0v) is 22.2. The summed E-state index contributed by atoms with van der Waals surface area (Å²) >= 11 is 0. The SMILES string of the molecule is O=C(c1cc2ccccc2c2c1OP(=O)(O)Oc1c(C(=O)N3CCCC3)cc3ccccc3c1-2)N1CCCC1. The molecule has 0 atom stereocenters. The van der Waals surface area contributed by atoms with E-state index in [0.717, 1.165) is 47.2 Å². The molecule has 9 heteroatoms. The van der Waals surface area contributed by atoms with Crippen LogP contribution in [0.5, 0.6) is 11.5 Å². The molecule has 7 rings (SSSR count). The fourth-order valence-electron chi connectivity index (χ4n) is 6.09. The van der Waals surface area contributed by atoms with Crippen LogP contribution in [0.2, 0.25) is 0 Å². The van der Waals surface area contributed by atoms with Crippen molar-refractivity contribution in [3.63, 3.8) is 0 Å². The van der Waals surface area contributed by atoms with Crippen molar-refractivity contribution in [2.24, 2.45) is 0 Å². The largest absolute Gasteiger partial charge is 0.584 e. The second kappa shape index (κ2) is 9.11. The molecule has 0 aromatic heterocycles. The maximum atomic E-state index is 13.8. The zero-order valence-electron chi connectivity index (χ0n) is 21.3. The van der Waals surface area contributed by atoms with E-state index in [1.165, 1.54) is 0 Å². The van der Waals surface area contributed by atoms with Crippen LogP contribution in [0.1, 0.15) is 46.4 Å². The van der Waals surface area contributed by atoms with Gasteiger partial charge in [0.1, 0.15) is 0 Å². The molecule has 4 aromatic rings. The summed E-state index contributed by atoms with van der Waals surface area (Å²) in [6.45, 7) is 2.45. The Bertz CT molecular complexity index is 1600. The normalized spacial score (nSPS) is 17.9. The highest BCUT2D eigenvalue weighted by Gasteiger charge is 2.40. The lowest BCUT2D eigenvalue weighted by atomic mass is 9.88. The van der Waals surface area contributed by atoms with Gasteiger partial charge in [-0.15, -0.1) is 0 Å². The number of amides is 2. The van der Waals surface area contributed by atoms with Crippen molar-refractivity contribution in [2.75, 3.05) is 26.2 Å². The Morgan fingerprint density at radius 2 is 1.05 bits per heavy atom. The summed E-state index contributed by atoms with van der Waals surface area (Å²) in [5.41, 5.74) is 1.36.